The number of sulfonamides is 1. The molecule has 1 heterocycles. The highest BCUT2D eigenvalue weighted by Gasteiger charge is 2.36. The molecule has 1 aromatic carbocycles. The van der Waals surface area contributed by atoms with Gasteiger partial charge in [-0.05, 0) is 56.4 Å². The summed E-state index contributed by atoms with van der Waals surface area (Å²) in [5.41, 5.74) is 7.87. The van der Waals surface area contributed by atoms with Crippen LogP contribution in [-0.4, -0.2) is 50.5 Å². The van der Waals surface area contributed by atoms with Crippen molar-refractivity contribution in [1.82, 2.24) is 4.90 Å². The SMILES string of the molecule is CCC(C(=O)N1CCC(C(N)=O)CC1)N(c1ccc(C)c(C)c1)S(C)(=O)=O. The second-order valence-corrected chi connectivity index (χ2v) is 9.11. The van der Waals surface area contributed by atoms with E-state index < -0.39 is 16.1 Å². The summed E-state index contributed by atoms with van der Waals surface area (Å²) in [4.78, 5) is 26.1. The summed E-state index contributed by atoms with van der Waals surface area (Å²) < 4.78 is 26.3. The smallest absolute Gasteiger partial charge is 0.246 e. The van der Waals surface area contributed by atoms with Gasteiger partial charge in [0.25, 0.3) is 0 Å². The van der Waals surface area contributed by atoms with Gasteiger partial charge in [-0.3, -0.25) is 13.9 Å². The van der Waals surface area contributed by atoms with E-state index >= 15 is 0 Å². The Morgan fingerprint density at radius 2 is 1.81 bits per heavy atom. The van der Waals surface area contributed by atoms with E-state index in [1.165, 1.54) is 4.31 Å². The van der Waals surface area contributed by atoms with Crippen LogP contribution in [0.25, 0.3) is 0 Å². The Hall–Kier alpha value is -2.09. The molecule has 7 nitrogen and oxygen atoms in total. The molecule has 1 aliphatic rings. The highest BCUT2D eigenvalue weighted by atomic mass is 32.2. The van der Waals surface area contributed by atoms with E-state index in [9.17, 15) is 18.0 Å². The number of rotatable bonds is 6. The van der Waals surface area contributed by atoms with Crippen molar-refractivity contribution >= 4 is 27.5 Å². The highest BCUT2D eigenvalue weighted by Crippen LogP contribution is 2.27. The van der Waals surface area contributed by atoms with Crippen molar-refractivity contribution in [2.75, 3.05) is 23.7 Å². The first-order chi connectivity index (χ1) is 12.6. The van der Waals surface area contributed by atoms with Gasteiger partial charge in [0.05, 0.1) is 11.9 Å². The van der Waals surface area contributed by atoms with Crippen LogP contribution in [0.15, 0.2) is 18.2 Å². The van der Waals surface area contributed by atoms with Crippen molar-refractivity contribution in [3.63, 3.8) is 0 Å². The van der Waals surface area contributed by atoms with E-state index in [1.54, 1.807) is 24.0 Å². The Balaban J connectivity index is 2.31. The molecule has 0 spiro atoms. The normalized spacial score (nSPS) is 16.8. The number of likely N-dealkylation sites (tertiary alicyclic amines) is 1. The van der Waals surface area contributed by atoms with Crippen LogP contribution in [-0.2, 0) is 19.6 Å². The maximum Gasteiger partial charge on any atom is 0.246 e. The van der Waals surface area contributed by atoms with Gasteiger partial charge in [-0.15, -0.1) is 0 Å². The standard InChI is InChI=1S/C19H29N3O4S/c1-5-17(19(24)21-10-8-15(9-11-21)18(20)23)22(27(4,25)26)16-7-6-13(2)14(3)12-16/h6-7,12,15,17H,5,8-11H2,1-4H3,(H2,20,23). The van der Waals surface area contributed by atoms with Crippen molar-refractivity contribution < 1.29 is 18.0 Å². The van der Waals surface area contributed by atoms with Gasteiger partial charge < -0.3 is 10.6 Å². The summed E-state index contributed by atoms with van der Waals surface area (Å²) in [6, 6.07) is 4.58. The molecule has 27 heavy (non-hydrogen) atoms. The molecule has 0 saturated carbocycles. The molecular formula is C19H29N3O4S. The van der Waals surface area contributed by atoms with Crippen LogP contribution in [0.1, 0.15) is 37.3 Å². The topological polar surface area (TPSA) is 101 Å². The Morgan fingerprint density at radius 3 is 2.26 bits per heavy atom. The van der Waals surface area contributed by atoms with Crippen molar-refractivity contribution in [3.8, 4) is 0 Å². The van der Waals surface area contributed by atoms with E-state index in [4.69, 9.17) is 5.73 Å². The number of anilines is 1. The van der Waals surface area contributed by atoms with E-state index in [1.807, 2.05) is 19.9 Å². The molecule has 1 atom stereocenters. The average molecular weight is 396 g/mol. The summed E-state index contributed by atoms with van der Waals surface area (Å²) in [7, 11) is -3.66. The largest absolute Gasteiger partial charge is 0.369 e. The molecule has 0 aliphatic carbocycles. The number of hydrogen-bond donors (Lipinski definition) is 1. The minimum absolute atomic E-state index is 0.222. The minimum Gasteiger partial charge on any atom is -0.369 e. The third-order valence-corrected chi connectivity index (χ3v) is 6.45. The first kappa shape index (κ1) is 21.2. The molecule has 1 fully saturated rings. The fraction of sp³-hybridized carbons (Fsp3) is 0.579. The number of piperidine rings is 1. The zero-order valence-corrected chi connectivity index (χ0v) is 17.3. The highest BCUT2D eigenvalue weighted by molar-refractivity contribution is 7.92. The summed E-state index contributed by atoms with van der Waals surface area (Å²) >= 11 is 0. The van der Waals surface area contributed by atoms with Crippen LogP contribution in [0.4, 0.5) is 5.69 Å². The molecule has 2 amide bonds. The van der Waals surface area contributed by atoms with Gasteiger partial charge in [0.2, 0.25) is 21.8 Å². The molecule has 1 unspecified atom stereocenters. The Labute approximate surface area is 161 Å². The lowest BCUT2D eigenvalue weighted by Crippen LogP contribution is -2.53. The molecule has 2 N–H and O–H groups in total. The monoisotopic (exact) mass is 395 g/mol. The molecule has 1 aromatic rings. The van der Waals surface area contributed by atoms with Gasteiger partial charge in [0, 0.05) is 19.0 Å². The molecule has 1 saturated heterocycles. The van der Waals surface area contributed by atoms with Gasteiger partial charge in [0.15, 0.2) is 0 Å². The first-order valence-electron chi connectivity index (χ1n) is 9.21. The lowest BCUT2D eigenvalue weighted by atomic mass is 9.95. The fourth-order valence-corrected chi connectivity index (χ4v) is 4.70. The van der Waals surface area contributed by atoms with Crippen LogP contribution in [0.2, 0.25) is 0 Å². The van der Waals surface area contributed by atoms with E-state index in [2.05, 4.69) is 0 Å². The number of primary amides is 1. The molecule has 0 aromatic heterocycles. The zero-order chi connectivity index (χ0) is 20.4. The Bertz CT molecular complexity index is 814. The molecule has 0 bridgehead atoms. The second-order valence-electron chi connectivity index (χ2n) is 7.25. The van der Waals surface area contributed by atoms with Crippen LogP contribution < -0.4 is 10.0 Å². The number of hydrogen-bond acceptors (Lipinski definition) is 4. The first-order valence-corrected chi connectivity index (χ1v) is 11.1. The van der Waals surface area contributed by atoms with Gasteiger partial charge >= 0.3 is 0 Å². The number of carbonyl (C=O) groups is 2. The maximum absolute atomic E-state index is 13.1. The van der Waals surface area contributed by atoms with Gasteiger partial charge in [0.1, 0.15) is 6.04 Å². The Kier molecular flexibility index (Phi) is 6.51. The van der Waals surface area contributed by atoms with Crippen molar-refractivity contribution in [1.29, 1.82) is 0 Å². The second kappa shape index (κ2) is 8.29. The number of nitrogens with zero attached hydrogens (tertiary/aromatic N) is 2. The lowest BCUT2D eigenvalue weighted by molar-refractivity contribution is -0.135. The predicted octanol–water partition coefficient (Wildman–Crippen LogP) is 1.57. The molecule has 2 rings (SSSR count). The number of amides is 2. The van der Waals surface area contributed by atoms with Crippen LogP contribution in [0.3, 0.4) is 0 Å². The summed E-state index contributed by atoms with van der Waals surface area (Å²) in [5.74, 6) is -0.800. The van der Waals surface area contributed by atoms with Crippen LogP contribution >= 0.6 is 0 Å². The van der Waals surface area contributed by atoms with E-state index in [0.29, 0.717) is 38.0 Å². The molecule has 8 heteroatoms. The van der Waals surface area contributed by atoms with Crippen molar-refractivity contribution in [3.05, 3.63) is 29.3 Å². The van der Waals surface area contributed by atoms with Crippen LogP contribution in [0.5, 0.6) is 0 Å². The van der Waals surface area contributed by atoms with E-state index in [-0.39, 0.29) is 17.7 Å². The molecule has 1 aliphatic heterocycles. The third kappa shape index (κ3) is 4.80. The fourth-order valence-electron chi connectivity index (χ4n) is 3.50. The third-order valence-electron chi connectivity index (χ3n) is 5.27. The average Bonchev–Trinajstić information content (AvgIpc) is 2.60. The Morgan fingerprint density at radius 1 is 1.22 bits per heavy atom. The van der Waals surface area contributed by atoms with Gasteiger partial charge in [-0.2, -0.15) is 0 Å². The van der Waals surface area contributed by atoms with Crippen molar-refractivity contribution in [2.24, 2.45) is 11.7 Å². The van der Waals surface area contributed by atoms with E-state index in [0.717, 1.165) is 17.4 Å². The summed E-state index contributed by atoms with van der Waals surface area (Å²) in [6.45, 7) is 6.49. The number of benzene rings is 1. The molecule has 150 valence electrons. The van der Waals surface area contributed by atoms with Crippen molar-refractivity contribution in [2.45, 2.75) is 46.1 Å². The summed E-state index contributed by atoms with van der Waals surface area (Å²) in [6.07, 6.45) is 2.51. The van der Waals surface area contributed by atoms with Crippen LogP contribution in [0, 0.1) is 19.8 Å². The minimum atomic E-state index is -3.66. The number of nitrogens with two attached hydrogens (primary N) is 1. The maximum atomic E-state index is 13.1. The molecular weight excluding hydrogens is 366 g/mol. The molecule has 0 radical (unpaired) electrons. The summed E-state index contributed by atoms with van der Waals surface area (Å²) in [5, 5.41) is 0. The number of aryl methyl sites for hydroxylation is 2. The van der Waals surface area contributed by atoms with Gasteiger partial charge in [-0.1, -0.05) is 13.0 Å². The lowest BCUT2D eigenvalue weighted by Gasteiger charge is -2.37. The quantitative estimate of drug-likeness (QED) is 0.790. The van der Waals surface area contributed by atoms with Gasteiger partial charge in [-0.25, -0.2) is 8.42 Å². The zero-order valence-electron chi connectivity index (χ0n) is 16.4. The number of carbonyl (C=O) groups excluding carboxylic acids is 2. The predicted molar refractivity (Wildman–Crippen MR) is 106 cm³/mol.